The van der Waals surface area contributed by atoms with Crippen LogP contribution in [0.4, 0.5) is 5.69 Å². The van der Waals surface area contributed by atoms with E-state index in [0.29, 0.717) is 5.92 Å². The molecule has 0 aliphatic carbocycles. The molecule has 1 heterocycles. The average Bonchev–Trinajstić information content (AvgIpc) is 2.16. The second kappa shape index (κ2) is 3.46. The Labute approximate surface area is 84.3 Å². The zero-order chi connectivity index (χ0) is 10.1. The number of benzene rings is 1. The molecule has 1 aromatic rings. The first-order chi connectivity index (χ1) is 6.66. The number of hydrogen-bond donors (Lipinski definition) is 2. The molecule has 0 fully saturated rings. The highest BCUT2D eigenvalue weighted by Gasteiger charge is 2.10. The largest absolute Gasteiger partial charge is 0.370 e. The second-order valence-electron chi connectivity index (χ2n) is 3.95. The van der Waals surface area contributed by atoms with Crippen LogP contribution in [0, 0.1) is 0 Å². The lowest BCUT2D eigenvalue weighted by Crippen LogP contribution is -2.18. The molecule has 1 unspecified atom stereocenters. The number of hydrogen-bond acceptors (Lipinski definition) is 2. The van der Waals surface area contributed by atoms with Gasteiger partial charge in [0.15, 0.2) is 0 Å². The molecule has 0 saturated carbocycles. The Balaban J connectivity index is 2.40. The van der Waals surface area contributed by atoms with Gasteiger partial charge in [-0.1, -0.05) is 32.1 Å². The molecule has 0 radical (unpaired) electrons. The number of nitrogens with one attached hydrogen (secondary N) is 1. The van der Waals surface area contributed by atoms with Crippen molar-refractivity contribution in [1.29, 1.82) is 0 Å². The summed E-state index contributed by atoms with van der Waals surface area (Å²) in [5.41, 5.74) is 3.45. The lowest BCUT2D eigenvalue weighted by molar-refractivity contribution is 0.252. The minimum absolute atomic E-state index is 0.519. The Hall–Kier alpha value is -1.28. The zero-order valence-corrected chi connectivity index (χ0v) is 8.49. The van der Waals surface area contributed by atoms with Crippen molar-refractivity contribution >= 4 is 11.8 Å². The van der Waals surface area contributed by atoms with E-state index in [1.807, 2.05) is 6.08 Å². The molecule has 1 aromatic carbocycles. The smallest absolute Gasteiger partial charge is 0.144 e. The number of aliphatic hydroxyl groups is 1. The normalized spacial score (nSPS) is 19.3. The van der Waals surface area contributed by atoms with E-state index in [1.54, 1.807) is 6.08 Å². The summed E-state index contributed by atoms with van der Waals surface area (Å²) in [5, 5.41) is 12.4. The number of fused-ring (bicyclic) bond motifs is 1. The summed E-state index contributed by atoms with van der Waals surface area (Å²) in [6.45, 7) is 4.33. The van der Waals surface area contributed by atoms with E-state index in [2.05, 4.69) is 37.4 Å². The molecule has 1 aliphatic heterocycles. The van der Waals surface area contributed by atoms with E-state index in [4.69, 9.17) is 0 Å². The molecule has 2 nitrogen and oxygen atoms in total. The summed E-state index contributed by atoms with van der Waals surface area (Å²) in [7, 11) is 0. The topological polar surface area (TPSA) is 32.3 Å². The summed E-state index contributed by atoms with van der Waals surface area (Å²) < 4.78 is 0. The fraction of sp³-hybridized carbons (Fsp3) is 0.333. The van der Waals surface area contributed by atoms with Crippen LogP contribution in [0.2, 0.25) is 0 Å². The fourth-order valence-electron chi connectivity index (χ4n) is 1.61. The zero-order valence-electron chi connectivity index (χ0n) is 8.49. The molecule has 0 bridgehead atoms. The Morgan fingerprint density at radius 2 is 2.14 bits per heavy atom. The summed E-state index contributed by atoms with van der Waals surface area (Å²) >= 11 is 0. The first kappa shape index (κ1) is 9.28. The highest BCUT2D eigenvalue weighted by atomic mass is 16.3. The maximum atomic E-state index is 9.39. The average molecular weight is 189 g/mol. The van der Waals surface area contributed by atoms with Crippen LogP contribution in [0.1, 0.15) is 30.9 Å². The monoisotopic (exact) mass is 189 g/mol. The van der Waals surface area contributed by atoms with Crippen molar-refractivity contribution in [2.24, 2.45) is 0 Å². The van der Waals surface area contributed by atoms with Crippen LogP contribution in [0.15, 0.2) is 24.3 Å². The van der Waals surface area contributed by atoms with Gasteiger partial charge < -0.3 is 10.4 Å². The van der Waals surface area contributed by atoms with Gasteiger partial charge in [0.1, 0.15) is 6.23 Å². The highest BCUT2D eigenvalue weighted by molar-refractivity contribution is 5.71. The van der Waals surface area contributed by atoms with Gasteiger partial charge in [-0.2, -0.15) is 0 Å². The van der Waals surface area contributed by atoms with Crippen LogP contribution < -0.4 is 5.32 Å². The van der Waals surface area contributed by atoms with Crippen molar-refractivity contribution in [2.75, 3.05) is 5.32 Å². The third-order valence-electron chi connectivity index (χ3n) is 2.51. The summed E-state index contributed by atoms with van der Waals surface area (Å²) in [5.74, 6) is 0.519. The molecule has 74 valence electrons. The standard InChI is InChI=1S/C12H15NO/c1-8(2)10-4-3-9-5-6-12(14)13-11(9)7-10/h3-8,12-14H,1-2H3. The molecule has 2 rings (SSSR count). The quantitative estimate of drug-likeness (QED) is 0.711. The molecule has 0 aromatic heterocycles. The molecule has 0 saturated heterocycles. The van der Waals surface area contributed by atoms with Crippen LogP contribution in [0.3, 0.4) is 0 Å². The minimum Gasteiger partial charge on any atom is -0.370 e. The minimum atomic E-state index is -0.551. The third kappa shape index (κ3) is 1.66. The van der Waals surface area contributed by atoms with Gasteiger partial charge in [-0.25, -0.2) is 0 Å². The molecular weight excluding hydrogens is 174 g/mol. The van der Waals surface area contributed by atoms with Crippen molar-refractivity contribution in [3.05, 3.63) is 35.4 Å². The molecule has 0 amide bonds. The van der Waals surface area contributed by atoms with Crippen LogP contribution in [-0.2, 0) is 0 Å². The Morgan fingerprint density at radius 3 is 2.86 bits per heavy atom. The van der Waals surface area contributed by atoms with Crippen molar-refractivity contribution in [3.8, 4) is 0 Å². The van der Waals surface area contributed by atoms with E-state index in [0.717, 1.165) is 11.3 Å². The number of anilines is 1. The highest BCUT2D eigenvalue weighted by Crippen LogP contribution is 2.26. The van der Waals surface area contributed by atoms with Gasteiger partial charge in [0.2, 0.25) is 0 Å². The van der Waals surface area contributed by atoms with Crippen molar-refractivity contribution in [2.45, 2.75) is 26.0 Å². The molecule has 0 spiro atoms. The van der Waals surface area contributed by atoms with Gasteiger partial charge in [-0.15, -0.1) is 0 Å². The number of rotatable bonds is 1. The van der Waals surface area contributed by atoms with Crippen LogP contribution in [0.25, 0.3) is 6.08 Å². The van der Waals surface area contributed by atoms with Crippen molar-refractivity contribution in [1.82, 2.24) is 0 Å². The molecule has 2 heteroatoms. The third-order valence-corrected chi connectivity index (χ3v) is 2.51. The van der Waals surface area contributed by atoms with E-state index >= 15 is 0 Å². The molecule has 1 atom stereocenters. The van der Waals surface area contributed by atoms with Crippen LogP contribution in [-0.4, -0.2) is 11.3 Å². The first-order valence-corrected chi connectivity index (χ1v) is 4.93. The SMILES string of the molecule is CC(C)c1ccc2c(c1)NC(O)C=C2. The Kier molecular flexibility index (Phi) is 2.30. The van der Waals surface area contributed by atoms with Gasteiger partial charge in [-0.05, 0) is 29.2 Å². The Bertz CT molecular complexity index is 369. The molecule has 14 heavy (non-hydrogen) atoms. The molecule has 2 N–H and O–H groups in total. The fourth-order valence-corrected chi connectivity index (χ4v) is 1.61. The van der Waals surface area contributed by atoms with E-state index in [-0.39, 0.29) is 0 Å². The lowest BCUT2D eigenvalue weighted by atomic mass is 9.99. The van der Waals surface area contributed by atoms with Gasteiger partial charge >= 0.3 is 0 Å². The Morgan fingerprint density at radius 1 is 1.36 bits per heavy atom. The maximum Gasteiger partial charge on any atom is 0.144 e. The predicted octanol–water partition coefficient (Wildman–Crippen LogP) is 2.57. The van der Waals surface area contributed by atoms with E-state index in [9.17, 15) is 5.11 Å². The van der Waals surface area contributed by atoms with Crippen molar-refractivity contribution in [3.63, 3.8) is 0 Å². The summed E-state index contributed by atoms with van der Waals surface area (Å²) in [6, 6.07) is 6.32. The van der Waals surface area contributed by atoms with Gasteiger partial charge in [0.25, 0.3) is 0 Å². The number of aliphatic hydroxyl groups excluding tert-OH is 1. The van der Waals surface area contributed by atoms with E-state index in [1.165, 1.54) is 5.56 Å². The van der Waals surface area contributed by atoms with Crippen LogP contribution >= 0.6 is 0 Å². The predicted molar refractivity (Wildman–Crippen MR) is 59.2 cm³/mol. The van der Waals surface area contributed by atoms with Gasteiger partial charge in [0, 0.05) is 5.69 Å². The van der Waals surface area contributed by atoms with Gasteiger partial charge in [0.05, 0.1) is 0 Å². The summed E-state index contributed by atoms with van der Waals surface area (Å²) in [4.78, 5) is 0. The lowest BCUT2D eigenvalue weighted by Gasteiger charge is -2.19. The van der Waals surface area contributed by atoms with E-state index < -0.39 is 6.23 Å². The summed E-state index contributed by atoms with van der Waals surface area (Å²) in [6.07, 6.45) is 3.14. The molecule has 1 aliphatic rings. The maximum absolute atomic E-state index is 9.39. The van der Waals surface area contributed by atoms with Crippen molar-refractivity contribution < 1.29 is 5.11 Å². The second-order valence-corrected chi connectivity index (χ2v) is 3.95. The van der Waals surface area contributed by atoms with Crippen LogP contribution in [0.5, 0.6) is 0 Å². The first-order valence-electron chi connectivity index (χ1n) is 4.93. The molecular formula is C12H15NO. The van der Waals surface area contributed by atoms with Gasteiger partial charge in [-0.3, -0.25) is 0 Å².